The number of hydrazone groups is 1. The van der Waals surface area contributed by atoms with Gasteiger partial charge in [-0.1, -0.05) is 60.7 Å². The first kappa shape index (κ1) is 26.6. The summed E-state index contributed by atoms with van der Waals surface area (Å²) >= 11 is 0. The minimum Gasteiger partial charge on any atom is -0.324 e. The van der Waals surface area contributed by atoms with Crippen molar-refractivity contribution in [2.24, 2.45) is 5.10 Å². The van der Waals surface area contributed by atoms with Gasteiger partial charge in [-0.05, 0) is 68.3 Å². The van der Waals surface area contributed by atoms with Crippen LogP contribution in [0.3, 0.4) is 0 Å². The van der Waals surface area contributed by atoms with Crippen LogP contribution in [0.4, 0.5) is 17.3 Å². The van der Waals surface area contributed by atoms with E-state index in [1.54, 1.807) is 12.1 Å². The summed E-state index contributed by atoms with van der Waals surface area (Å²) in [5, 5.41) is 13.8. The zero-order valence-electron chi connectivity index (χ0n) is 22.9. The summed E-state index contributed by atoms with van der Waals surface area (Å²) in [6.45, 7) is 7.79. The number of nitrogens with zero attached hydrogens (tertiary/aromatic N) is 4. The van der Waals surface area contributed by atoms with E-state index in [0.29, 0.717) is 11.5 Å². The van der Waals surface area contributed by atoms with E-state index in [-0.39, 0.29) is 5.91 Å². The van der Waals surface area contributed by atoms with Crippen LogP contribution in [-0.2, 0) is 0 Å². The van der Waals surface area contributed by atoms with Crippen molar-refractivity contribution in [2.75, 3.05) is 23.7 Å². The van der Waals surface area contributed by atoms with Crippen LogP contribution in [0.15, 0.2) is 102 Å². The van der Waals surface area contributed by atoms with Gasteiger partial charge in [-0.3, -0.25) is 9.80 Å². The molecule has 0 spiro atoms. The number of aryl methyl sites for hydroxylation is 1. The number of nitrogens with one attached hydrogen (secondary N) is 2. The molecule has 7 nitrogen and oxygen atoms in total. The fourth-order valence-electron chi connectivity index (χ4n) is 4.37. The summed E-state index contributed by atoms with van der Waals surface area (Å²) in [4.78, 5) is 22.6. The van der Waals surface area contributed by atoms with Crippen LogP contribution in [0.25, 0.3) is 22.2 Å². The first-order valence-electron chi connectivity index (χ1n) is 13.4. The highest BCUT2D eigenvalue weighted by Crippen LogP contribution is 2.28. The molecule has 5 rings (SSSR count). The summed E-state index contributed by atoms with van der Waals surface area (Å²) < 4.78 is 0. The Morgan fingerprint density at radius 1 is 0.875 bits per heavy atom. The Labute approximate surface area is 234 Å². The Bertz CT molecular complexity index is 1640. The van der Waals surface area contributed by atoms with Crippen molar-refractivity contribution in [1.29, 1.82) is 0 Å². The number of amides is 1. The van der Waals surface area contributed by atoms with Crippen molar-refractivity contribution in [3.8, 4) is 11.3 Å². The molecule has 0 bridgehead atoms. The Morgan fingerprint density at radius 2 is 1.60 bits per heavy atom. The Hall–Kier alpha value is -5.04. The average molecular weight is 529 g/mol. The van der Waals surface area contributed by atoms with Gasteiger partial charge in [0, 0.05) is 41.0 Å². The molecule has 0 saturated carbocycles. The molecule has 0 aliphatic carbocycles. The zero-order chi connectivity index (χ0) is 27.9. The zero-order valence-corrected chi connectivity index (χ0v) is 22.9. The molecule has 4 aromatic carbocycles. The summed E-state index contributed by atoms with van der Waals surface area (Å²) in [7, 11) is 0. The van der Waals surface area contributed by atoms with Crippen molar-refractivity contribution < 1.29 is 4.79 Å². The Morgan fingerprint density at radius 3 is 2.35 bits per heavy atom. The van der Waals surface area contributed by atoms with Gasteiger partial charge in [0.05, 0.1) is 17.4 Å². The smallest absolute Gasteiger partial charge is 0.255 e. The third-order valence-electron chi connectivity index (χ3n) is 6.66. The molecule has 0 saturated heterocycles. The molecule has 40 heavy (non-hydrogen) atoms. The third kappa shape index (κ3) is 6.15. The van der Waals surface area contributed by atoms with Crippen molar-refractivity contribution in [1.82, 2.24) is 15.0 Å². The van der Waals surface area contributed by atoms with E-state index in [0.717, 1.165) is 57.8 Å². The lowest BCUT2D eigenvalue weighted by atomic mass is 10.1. The number of carbonyl (C=O) groups is 1. The summed E-state index contributed by atoms with van der Waals surface area (Å²) in [6, 6.07) is 31.3. The molecule has 2 N–H and O–H groups in total. The van der Waals surface area contributed by atoms with E-state index in [1.807, 2.05) is 103 Å². The number of rotatable bonds is 9. The first-order valence-corrected chi connectivity index (χ1v) is 13.4. The molecule has 0 aliphatic heterocycles. The predicted molar refractivity (Wildman–Crippen MR) is 164 cm³/mol. The highest BCUT2D eigenvalue weighted by atomic mass is 16.1. The number of hydrogen-bond acceptors (Lipinski definition) is 6. The SMILES string of the molecule is CCN(CC)N=Cc1ccc(C)c(NC(=O)c2ccc(Nc3nc(-c4ccccc4)c4ccccc4n3)cc2)c1. The summed E-state index contributed by atoms with van der Waals surface area (Å²) in [5.41, 5.74) is 6.75. The van der Waals surface area contributed by atoms with E-state index in [4.69, 9.17) is 9.97 Å². The number of para-hydroxylation sites is 1. The topological polar surface area (TPSA) is 82.5 Å². The molecule has 5 aromatic rings. The van der Waals surface area contributed by atoms with Gasteiger partial charge in [0.15, 0.2) is 0 Å². The second kappa shape index (κ2) is 12.2. The summed E-state index contributed by atoms with van der Waals surface area (Å²) in [6.07, 6.45) is 1.82. The molecule has 7 heteroatoms. The quantitative estimate of drug-likeness (QED) is 0.155. The van der Waals surface area contributed by atoms with E-state index in [2.05, 4.69) is 29.6 Å². The minimum atomic E-state index is -0.180. The maximum absolute atomic E-state index is 13.1. The first-order chi connectivity index (χ1) is 19.5. The van der Waals surface area contributed by atoms with Gasteiger partial charge >= 0.3 is 0 Å². The molecule has 0 atom stereocenters. The number of aromatic nitrogens is 2. The Kier molecular flexibility index (Phi) is 8.11. The number of benzene rings is 4. The molecular weight excluding hydrogens is 496 g/mol. The molecule has 1 heterocycles. The van der Waals surface area contributed by atoms with Gasteiger partial charge in [0.25, 0.3) is 5.91 Å². The maximum Gasteiger partial charge on any atom is 0.255 e. The second-order valence-corrected chi connectivity index (χ2v) is 9.39. The number of anilines is 3. The monoisotopic (exact) mass is 528 g/mol. The standard InChI is InChI=1S/C33H32N6O/c1-4-39(5-2)34-22-24-16-15-23(3)30(21-24)36-32(40)26-17-19-27(20-18-26)35-33-37-29-14-10-9-13-28(29)31(38-33)25-11-7-6-8-12-25/h6-22H,4-5H2,1-3H3,(H,36,40)(H,35,37,38). The third-order valence-corrected chi connectivity index (χ3v) is 6.66. The number of carbonyl (C=O) groups excluding carboxylic acids is 1. The van der Waals surface area contributed by atoms with Gasteiger partial charge in [0.1, 0.15) is 0 Å². The largest absolute Gasteiger partial charge is 0.324 e. The van der Waals surface area contributed by atoms with Crippen molar-refractivity contribution >= 4 is 40.3 Å². The molecule has 0 radical (unpaired) electrons. The fraction of sp³-hybridized carbons (Fsp3) is 0.152. The minimum absolute atomic E-state index is 0.180. The molecule has 0 fully saturated rings. The van der Waals surface area contributed by atoms with Crippen molar-refractivity contribution in [3.63, 3.8) is 0 Å². The van der Waals surface area contributed by atoms with E-state index in [9.17, 15) is 4.79 Å². The van der Waals surface area contributed by atoms with Gasteiger partial charge < -0.3 is 10.6 Å². The highest BCUT2D eigenvalue weighted by Gasteiger charge is 2.12. The number of hydrogen-bond donors (Lipinski definition) is 2. The molecule has 200 valence electrons. The average Bonchev–Trinajstić information content (AvgIpc) is 2.99. The normalized spacial score (nSPS) is 11.1. The van der Waals surface area contributed by atoms with Gasteiger partial charge in [0.2, 0.25) is 5.95 Å². The van der Waals surface area contributed by atoms with E-state index >= 15 is 0 Å². The molecule has 0 aliphatic rings. The van der Waals surface area contributed by atoms with Crippen LogP contribution >= 0.6 is 0 Å². The molecule has 0 unspecified atom stereocenters. The maximum atomic E-state index is 13.1. The lowest BCUT2D eigenvalue weighted by molar-refractivity contribution is 0.102. The lowest BCUT2D eigenvalue weighted by Crippen LogP contribution is -2.16. The predicted octanol–water partition coefficient (Wildman–Crippen LogP) is 7.28. The summed E-state index contributed by atoms with van der Waals surface area (Å²) in [5.74, 6) is 0.314. The molecule has 1 aromatic heterocycles. The van der Waals surface area contributed by atoms with Crippen LogP contribution in [-0.4, -0.2) is 40.2 Å². The number of fused-ring (bicyclic) bond motifs is 1. The van der Waals surface area contributed by atoms with Crippen molar-refractivity contribution in [3.05, 3.63) is 114 Å². The van der Waals surface area contributed by atoms with Gasteiger partial charge in [-0.2, -0.15) is 5.10 Å². The molecule has 1 amide bonds. The van der Waals surface area contributed by atoms with Crippen LogP contribution in [0.1, 0.15) is 35.3 Å². The van der Waals surface area contributed by atoms with Crippen LogP contribution in [0.2, 0.25) is 0 Å². The van der Waals surface area contributed by atoms with Crippen molar-refractivity contribution in [2.45, 2.75) is 20.8 Å². The van der Waals surface area contributed by atoms with Gasteiger partial charge in [-0.15, -0.1) is 0 Å². The van der Waals surface area contributed by atoms with E-state index in [1.165, 1.54) is 0 Å². The second-order valence-electron chi connectivity index (χ2n) is 9.39. The van der Waals surface area contributed by atoms with Crippen LogP contribution < -0.4 is 10.6 Å². The van der Waals surface area contributed by atoms with Crippen LogP contribution in [0, 0.1) is 6.92 Å². The fourth-order valence-corrected chi connectivity index (χ4v) is 4.37. The molecular formula is C33H32N6O. The van der Waals surface area contributed by atoms with E-state index < -0.39 is 0 Å². The highest BCUT2D eigenvalue weighted by molar-refractivity contribution is 6.05. The van der Waals surface area contributed by atoms with Gasteiger partial charge in [-0.25, -0.2) is 9.97 Å². The van der Waals surface area contributed by atoms with Crippen LogP contribution in [0.5, 0.6) is 0 Å². The Balaban J connectivity index is 1.32. The lowest BCUT2D eigenvalue weighted by Gasteiger charge is -2.14.